The first kappa shape index (κ1) is 22.7. The molecule has 0 aliphatic rings. The van der Waals surface area contributed by atoms with Crippen molar-refractivity contribution in [1.29, 1.82) is 0 Å². The lowest BCUT2D eigenvalue weighted by molar-refractivity contribution is 0.0522. The van der Waals surface area contributed by atoms with Crippen molar-refractivity contribution in [3.63, 3.8) is 0 Å². The standard InChI is InChI=1S/C18H34N6O3/c1-7-9-10-14(11-21-17(25)26-18(4,5)6)23-16(19-8-2)20-12-15-22-13(3)27-24-15/h14H,7-12H2,1-6H3,(H,21,25)(H2,19,20,23). The second kappa shape index (κ2) is 11.4. The van der Waals surface area contributed by atoms with E-state index in [1.807, 2.05) is 27.7 Å². The molecule has 0 aliphatic carbocycles. The van der Waals surface area contributed by atoms with Crippen molar-refractivity contribution in [2.75, 3.05) is 13.1 Å². The predicted octanol–water partition coefficient (Wildman–Crippen LogP) is 2.52. The molecule has 27 heavy (non-hydrogen) atoms. The third-order valence-corrected chi connectivity index (χ3v) is 3.43. The van der Waals surface area contributed by atoms with Crippen molar-refractivity contribution in [2.45, 2.75) is 79.0 Å². The Morgan fingerprint density at radius 3 is 2.59 bits per heavy atom. The first-order chi connectivity index (χ1) is 12.7. The Balaban J connectivity index is 2.67. The van der Waals surface area contributed by atoms with Crippen LogP contribution in [0.3, 0.4) is 0 Å². The second-order valence-electron chi connectivity index (χ2n) is 7.29. The molecule has 0 saturated carbocycles. The number of hydrogen-bond acceptors (Lipinski definition) is 6. The molecule has 1 unspecified atom stereocenters. The van der Waals surface area contributed by atoms with Gasteiger partial charge in [0.1, 0.15) is 12.1 Å². The summed E-state index contributed by atoms with van der Waals surface area (Å²) in [5.41, 5.74) is -0.518. The van der Waals surface area contributed by atoms with E-state index in [1.165, 1.54) is 0 Å². The molecular formula is C18H34N6O3. The summed E-state index contributed by atoms with van der Waals surface area (Å²) < 4.78 is 10.3. The van der Waals surface area contributed by atoms with E-state index in [4.69, 9.17) is 9.26 Å². The summed E-state index contributed by atoms with van der Waals surface area (Å²) >= 11 is 0. The van der Waals surface area contributed by atoms with Gasteiger partial charge in [-0.2, -0.15) is 4.98 Å². The Kier molecular flexibility index (Phi) is 9.60. The van der Waals surface area contributed by atoms with Gasteiger partial charge in [0, 0.05) is 26.1 Å². The maximum absolute atomic E-state index is 11.9. The number of unbranched alkanes of at least 4 members (excludes halogenated alkanes) is 1. The average Bonchev–Trinajstić information content (AvgIpc) is 2.99. The van der Waals surface area contributed by atoms with Gasteiger partial charge in [-0.05, 0) is 34.1 Å². The van der Waals surface area contributed by atoms with Gasteiger partial charge in [0.2, 0.25) is 5.89 Å². The van der Waals surface area contributed by atoms with Crippen molar-refractivity contribution >= 4 is 12.1 Å². The van der Waals surface area contributed by atoms with Crippen LogP contribution in [0.1, 0.15) is 65.6 Å². The lowest BCUT2D eigenvalue weighted by Gasteiger charge is -2.24. The van der Waals surface area contributed by atoms with E-state index in [1.54, 1.807) is 6.92 Å². The average molecular weight is 383 g/mol. The van der Waals surface area contributed by atoms with Crippen LogP contribution < -0.4 is 16.0 Å². The Bertz CT molecular complexity index is 594. The van der Waals surface area contributed by atoms with Gasteiger partial charge < -0.3 is 25.2 Å². The summed E-state index contributed by atoms with van der Waals surface area (Å²) in [5.74, 6) is 1.69. The molecule has 3 N–H and O–H groups in total. The molecule has 1 amide bonds. The van der Waals surface area contributed by atoms with Gasteiger partial charge in [-0.25, -0.2) is 9.79 Å². The summed E-state index contributed by atoms with van der Waals surface area (Å²) in [5, 5.41) is 13.2. The number of aliphatic imine (C=N–C) groups is 1. The number of nitrogens with one attached hydrogen (secondary N) is 3. The minimum atomic E-state index is -0.518. The zero-order valence-corrected chi connectivity index (χ0v) is 17.4. The molecule has 0 aliphatic heterocycles. The number of ether oxygens (including phenoxy) is 1. The molecule has 154 valence electrons. The fourth-order valence-electron chi connectivity index (χ4n) is 2.27. The zero-order chi connectivity index (χ0) is 20.3. The van der Waals surface area contributed by atoms with Gasteiger partial charge in [0.05, 0.1) is 0 Å². The van der Waals surface area contributed by atoms with Gasteiger partial charge >= 0.3 is 6.09 Å². The SMILES string of the molecule is CCCCC(CNC(=O)OC(C)(C)C)NC(=NCc1noc(C)n1)NCC. The van der Waals surface area contributed by atoms with Crippen LogP contribution >= 0.6 is 0 Å². The highest BCUT2D eigenvalue weighted by molar-refractivity contribution is 5.80. The highest BCUT2D eigenvalue weighted by atomic mass is 16.6. The van der Waals surface area contributed by atoms with E-state index in [-0.39, 0.29) is 6.04 Å². The molecule has 9 heteroatoms. The number of nitrogens with zero attached hydrogens (tertiary/aromatic N) is 3. The highest BCUT2D eigenvalue weighted by Crippen LogP contribution is 2.07. The highest BCUT2D eigenvalue weighted by Gasteiger charge is 2.18. The first-order valence-corrected chi connectivity index (χ1v) is 9.54. The number of carbonyl (C=O) groups excluding carboxylic acids is 1. The number of carbonyl (C=O) groups is 1. The maximum atomic E-state index is 11.9. The van der Waals surface area contributed by atoms with Crippen molar-refractivity contribution in [1.82, 2.24) is 26.1 Å². The fraction of sp³-hybridized carbons (Fsp3) is 0.778. The predicted molar refractivity (Wildman–Crippen MR) is 105 cm³/mol. The Morgan fingerprint density at radius 2 is 2.04 bits per heavy atom. The Morgan fingerprint density at radius 1 is 1.30 bits per heavy atom. The smallest absolute Gasteiger partial charge is 0.407 e. The summed E-state index contributed by atoms with van der Waals surface area (Å²) in [6.45, 7) is 12.9. The van der Waals surface area contributed by atoms with Crippen LogP contribution in [0.4, 0.5) is 4.79 Å². The van der Waals surface area contributed by atoms with Crippen LogP contribution in [0.2, 0.25) is 0 Å². The van der Waals surface area contributed by atoms with Crippen LogP contribution in [-0.2, 0) is 11.3 Å². The maximum Gasteiger partial charge on any atom is 0.407 e. The number of guanidine groups is 1. The van der Waals surface area contributed by atoms with Crippen LogP contribution in [0.5, 0.6) is 0 Å². The van der Waals surface area contributed by atoms with Crippen molar-refractivity contribution in [3.05, 3.63) is 11.7 Å². The Labute approximate surface area is 161 Å². The first-order valence-electron chi connectivity index (χ1n) is 9.54. The molecule has 1 aromatic heterocycles. The van der Waals surface area contributed by atoms with Crippen LogP contribution in [0.15, 0.2) is 9.52 Å². The molecule has 0 spiro atoms. The normalized spacial score (nSPS) is 13.2. The molecule has 0 radical (unpaired) electrons. The van der Waals surface area contributed by atoms with E-state index in [0.29, 0.717) is 30.8 Å². The monoisotopic (exact) mass is 382 g/mol. The number of rotatable bonds is 9. The summed E-state index contributed by atoms with van der Waals surface area (Å²) in [6.07, 6.45) is 2.59. The lowest BCUT2D eigenvalue weighted by atomic mass is 10.1. The van der Waals surface area contributed by atoms with E-state index in [0.717, 1.165) is 25.8 Å². The van der Waals surface area contributed by atoms with Crippen molar-refractivity contribution < 1.29 is 14.1 Å². The topological polar surface area (TPSA) is 114 Å². The fourth-order valence-corrected chi connectivity index (χ4v) is 2.27. The lowest BCUT2D eigenvalue weighted by Crippen LogP contribution is -2.49. The van der Waals surface area contributed by atoms with E-state index < -0.39 is 11.7 Å². The van der Waals surface area contributed by atoms with Crippen LogP contribution in [0.25, 0.3) is 0 Å². The minimum Gasteiger partial charge on any atom is -0.444 e. The largest absolute Gasteiger partial charge is 0.444 e. The van der Waals surface area contributed by atoms with Gasteiger partial charge in [-0.15, -0.1) is 0 Å². The van der Waals surface area contributed by atoms with Crippen LogP contribution in [-0.4, -0.2) is 46.9 Å². The van der Waals surface area contributed by atoms with Gasteiger partial charge in [0.25, 0.3) is 0 Å². The number of aromatic nitrogens is 2. The summed E-state index contributed by atoms with van der Waals surface area (Å²) in [4.78, 5) is 20.6. The third kappa shape index (κ3) is 10.4. The van der Waals surface area contributed by atoms with E-state index in [9.17, 15) is 4.79 Å². The number of hydrogen-bond donors (Lipinski definition) is 3. The molecule has 0 fully saturated rings. The quantitative estimate of drug-likeness (QED) is 0.444. The Hall–Kier alpha value is -2.32. The van der Waals surface area contributed by atoms with Gasteiger partial charge in [0.15, 0.2) is 11.8 Å². The molecule has 9 nitrogen and oxygen atoms in total. The second-order valence-corrected chi connectivity index (χ2v) is 7.29. The van der Waals surface area contributed by atoms with Gasteiger partial charge in [-0.1, -0.05) is 24.9 Å². The molecule has 0 saturated heterocycles. The van der Waals surface area contributed by atoms with E-state index >= 15 is 0 Å². The summed E-state index contributed by atoms with van der Waals surface area (Å²) in [6, 6.07) is 0.0299. The van der Waals surface area contributed by atoms with Crippen molar-refractivity contribution in [2.24, 2.45) is 4.99 Å². The molecule has 0 aromatic carbocycles. The molecule has 1 aromatic rings. The number of alkyl carbamates (subject to hydrolysis) is 1. The minimum absolute atomic E-state index is 0.0299. The van der Waals surface area contributed by atoms with E-state index in [2.05, 4.69) is 38.0 Å². The molecule has 1 rings (SSSR count). The van der Waals surface area contributed by atoms with Crippen LogP contribution in [0, 0.1) is 6.92 Å². The molecule has 1 atom stereocenters. The van der Waals surface area contributed by atoms with Crippen molar-refractivity contribution in [3.8, 4) is 0 Å². The molecular weight excluding hydrogens is 348 g/mol. The zero-order valence-electron chi connectivity index (χ0n) is 17.4. The molecule has 0 bridgehead atoms. The molecule has 1 heterocycles. The number of aryl methyl sites for hydroxylation is 1. The van der Waals surface area contributed by atoms with Gasteiger partial charge in [-0.3, -0.25) is 0 Å². The number of amides is 1. The summed E-state index contributed by atoms with van der Waals surface area (Å²) in [7, 11) is 0. The third-order valence-electron chi connectivity index (χ3n) is 3.43.